The van der Waals surface area contributed by atoms with Gasteiger partial charge in [0, 0.05) is 25.7 Å². The molecule has 21 heavy (non-hydrogen) atoms. The van der Waals surface area contributed by atoms with Gasteiger partial charge in [0.05, 0.1) is 37.1 Å². The summed E-state index contributed by atoms with van der Waals surface area (Å²) in [5.41, 5.74) is 0.531. The van der Waals surface area contributed by atoms with Crippen LogP contribution in [0.3, 0.4) is 0 Å². The van der Waals surface area contributed by atoms with Crippen LogP contribution in [-0.2, 0) is 4.74 Å². The van der Waals surface area contributed by atoms with Gasteiger partial charge in [-0.3, -0.25) is 9.69 Å². The number of aromatic amines is 1. The molecule has 2 heterocycles. The molecular formula is C15H19N3O3. The van der Waals surface area contributed by atoms with E-state index in [0.29, 0.717) is 17.5 Å². The van der Waals surface area contributed by atoms with Crippen LogP contribution in [0, 0.1) is 0 Å². The Morgan fingerprint density at radius 3 is 3.05 bits per heavy atom. The van der Waals surface area contributed by atoms with Gasteiger partial charge >= 0.3 is 0 Å². The van der Waals surface area contributed by atoms with Crippen LogP contribution >= 0.6 is 0 Å². The maximum Gasteiger partial charge on any atom is 0.258 e. The number of hydrogen-bond acceptors (Lipinski definition) is 5. The topological polar surface area (TPSA) is 67.5 Å². The van der Waals surface area contributed by atoms with Crippen molar-refractivity contribution in [3.63, 3.8) is 0 Å². The van der Waals surface area contributed by atoms with Gasteiger partial charge in [-0.15, -0.1) is 0 Å². The Kier molecular flexibility index (Phi) is 4.47. The van der Waals surface area contributed by atoms with Crippen LogP contribution in [0.15, 0.2) is 29.3 Å². The summed E-state index contributed by atoms with van der Waals surface area (Å²) in [7, 11) is 0. The van der Waals surface area contributed by atoms with Crippen molar-refractivity contribution < 1.29 is 9.47 Å². The van der Waals surface area contributed by atoms with Gasteiger partial charge in [-0.25, -0.2) is 4.98 Å². The molecule has 0 unspecified atom stereocenters. The summed E-state index contributed by atoms with van der Waals surface area (Å²) >= 11 is 0. The molecular weight excluding hydrogens is 270 g/mol. The van der Waals surface area contributed by atoms with E-state index in [1.54, 1.807) is 12.1 Å². The first-order valence-electron chi connectivity index (χ1n) is 7.23. The fourth-order valence-electron chi connectivity index (χ4n) is 2.44. The van der Waals surface area contributed by atoms with Crippen LogP contribution in [0.4, 0.5) is 0 Å². The maximum absolute atomic E-state index is 11.6. The quantitative estimate of drug-likeness (QED) is 0.833. The number of rotatable bonds is 5. The summed E-state index contributed by atoms with van der Waals surface area (Å²) in [4.78, 5) is 20.7. The maximum atomic E-state index is 11.6. The lowest BCUT2D eigenvalue weighted by Crippen LogP contribution is -2.37. The van der Waals surface area contributed by atoms with Gasteiger partial charge in [0.25, 0.3) is 5.56 Å². The Hall–Kier alpha value is -1.92. The average Bonchev–Trinajstić information content (AvgIpc) is 2.53. The number of aromatic nitrogens is 2. The first kappa shape index (κ1) is 14.0. The summed E-state index contributed by atoms with van der Waals surface area (Å²) < 4.78 is 11.1. The van der Waals surface area contributed by atoms with Gasteiger partial charge in [0.15, 0.2) is 0 Å². The van der Waals surface area contributed by atoms with E-state index < -0.39 is 0 Å². The normalized spacial score (nSPS) is 16.2. The molecule has 1 N–H and O–H groups in total. The number of fused-ring (bicyclic) bond motifs is 1. The molecule has 3 rings (SSSR count). The zero-order chi connectivity index (χ0) is 14.5. The van der Waals surface area contributed by atoms with Gasteiger partial charge in [-0.1, -0.05) is 0 Å². The fourth-order valence-corrected chi connectivity index (χ4v) is 2.44. The average molecular weight is 289 g/mol. The molecule has 0 amide bonds. The molecule has 1 aliphatic rings. The number of hydrogen-bond donors (Lipinski definition) is 1. The van der Waals surface area contributed by atoms with Crippen molar-refractivity contribution >= 4 is 10.9 Å². The van der Waals surface area contributed by atoms with Crippen molar-refractivity contribution in [1.29, 1.82) is 0 Å². The highest BCUT2D eigenvalue weighted by Gasteiger charge is 2.09. The summed E-state index contributed by atoms with van der Waals surface area (Å²) in [5.74, 6) is 0.752. The number of nitrogens with one attached hydrogen (secondary N) is 1. The minimum Gasteiger partial charge on any atom is -0.493 e. The van der Waals surface area contributed by atoms with E-state index in [4.69, 9.17) is 9.47 Å². The molecule has 6 heteroatoms. The van der Waals surface area contributed by atoms with E-state index in [1.807, 2.05) is 6.07 Å². The third kappa shape index (κ3) is 3.59. The highest BCUT2D eigenvalue weighted by molar-refractivity contribution is 5.78. The van der Waals surface area contributed by atoms with Crippen LogP contribution in [0.25, 0.3) is 10.9 Å². The molecule has 0 radical (unpaired) electrons. The smallest absolute Gasteiger partial charge is 0.258 e. The molecule has 1 aromatic heterocycles. The second-order valence-electron chi connectivity index (χ2n) is 5.07. The zero-order valence-corrected chi connectivity index (χ0v) is 11.9. The number of nitrogens with zero attached hydrogens (tertiary/aromatic N) is 2. The molecule has 1 aliphatic heterocycles. The number of morpholine rings is 1. The van der Waals surface area contributed by atoms with Crippen LogP contribution in [0.2, 0.25) is 0 Å². The Morgan fingerprint density at radius 2 is 2.19 bits per heavy atom. The third-order valence-electron chi connectivity index (χ3n) is 3.60. The Balaban J connectivity index is 1.52. The molecule has 0 saturated carbocycles. The number of H-pyrrole nitrogens is 1. The Labute approximate surface area is 122 Å². The number of ether oxygens (including phenoxy) is 2. The summed E-state index contributed by atoms with van der Waals surface area (Å²) in [6, 6.07) is 5.37. The molecule has 0 bridgehead atoms. The standard InChI is InChI=1S/C15H19N3O3/c19-15-13-3-2-12(10-14(13)16-11-17-15)21-7-1-4-18-5-8-20-9-6-18/h2-3,10-11H,1,4-9H2,(H,16,17,19). The lowest BCUT2D eigenvalue weighted by molar-refractivity contribution is 0.0358. The van der Waals surface area contributed by atoms with Gasteiger partial charge in [0.1, 0.15) is 5.75 Å². The monoisotopic (exact) mass is 289 g/mol. The Morgan fingerprint density at radius 1 is 1.33 bits per heavy atom. The second-order valence-corrected chi connectivity index (χ2v) is 5.07. The van der Waals surface area contributed by atoms with Crippen molar-refractivity contribution in [3.8, 4) is 5.75 Å². The minimum absolute atomic E-state index is 0.126. The summed E-state index contributed by atoms with van der Waals surface area (Å²) in [5, 5.41) is 0.582. The molecule has 1 fully saturated rings. The van der Waals surface area contributed by atoms with Gasteiger partial charge < -0.3 is 14.5 Å². The molecule has 0 atom stereocenters. The molecule has 1 saturated heterocycles. The van der Waals surface area contributed by atoms with Crippen molar-refractivity contribution in [2.45, 2.75) is 6.42 Å². The second kappa shape index (κ2) is 6.69. The summed E-state index contributed by atoms with van der Waals surface area (Å²) in [6.07, 6.45) is 2.38. The predicted molar refractivity (Wildman–Crippen MR) is 79.7 cm³/mol. The van der Waals surface area contributed by atoms with E-state index in [2.05, 4.69) is 14.9 Å². The van der Waals surface area contributed by atoms with Gasteiger partial charge in [-0.05, 0) is 18.6 Å². The molecule has 2 aromatic rings. The SMILES string of the molecule is O=c1[nH]cnc2cc(OCCCN3CCOCC3)ccc12. The fraction of sp³-hybridized carbons (Fsp3) is 0.467. The van der Waals surface area contributed by atoms with E-state index in [0.717, 1.165) is 45.0 Å². The lowest BCUT2D eigenvalue weighted by atomic mass is 10.2. The van der Waals surface area contributed by atoms with Crippen LogP contribution in [0.1, 0.15) is 6.42 Å². The minimum atomic E-state index is -0.126. The first-order valence-corrected chi connectivity index (χ1v) is 7.23. The molecule has 112 valence electrons. The third-order valence-corrected chi connectivity index (χ3v) is 3.60. The van der Waals surface area contributed by atoms with Gasteiger partial charge in [0.2, 0.25) is 0 Å². The number of benzene rings is 1. The molecule has 1 aromatic carbocycles. The highest BCUT2D eigenvalue weighted by Crippen LogP contribution is 2.16. The van der Waals surface area contributed by atoms with Crippen molar-refractivity contribution in [1.82, 2.24) is 14.9 Å². The lowest BCUT2D eigenvalue weighted by Gasteiger charge is -2.26. The van der Waals surface area contributed by atoms with Crippen molar-refractivity contribution in [2.75, 3.05) is 39.5 Å². The van der Waals surface area contributed by atoms with Crippen LogP contribution in [0.5, 0.6) is 5.75 Å². The van der Waals surface area contributed by atoms with E-state index in [9.17, 15) is 4.79 Å². The largest absolute Gasteiger partial charge is 0.493 e. The summed E-state index contributed by atoms with van der Waals surface area (Å²) in [6.45, 7) is 5.34. The predicted octanol–water partition coefficient (Wildman–Crippen LogP) is 1.02. The van der Waals surface area contributed by atoms with Crippen LogP contribution < -0.4 is 10.3 Å². The van der Waals surface area contributed by atoms with Gasteiger partial charge in [-0.2, -0.15) is 0 Å². The van der Waals surface area contributed by atoms with E-state index in [1.165, 1.54) is 6.33 Å². The van der Waals surface area contributed by atoms with E-state index in [-0.39, 0.29) is 5.56 Å². The first-order chi connectivity index (χ1) is 10.3. The molecule has 6 nitrogen and oxygen atoms in total. The van der Waals surface area contributed by atoms with Crippen molar-refractivity contribution in [3.05, 3.63) is 34.9 Å². The van der Waals surface area contributed by atoms with E-state index >= 15 is 0 Å². The van der Waals surface area contributed by atoms with Crippen molar-refractivity contribution in [2.24, 2.45) is 0 Å². The zero-order valence-electron chi connectivity index (χ0n) is 11.9. The van der Waals surface area contributed by atoms with Crippen LogP contribution in [-0.4, -0.2) is 54.3 Å². The highest BCUT2D eigenvalue weighted by atomic mass is 16.5. The molecule has 0 aliphatic carbocycles. The Bertz CT molecular complexity index is 650. The molecule has 0 spiro atoms.